The highest BCUT2D eigenvalue weighted by Crippen LogP contribution is 2.65. The van der Waals surface area contributed by atoms with Gasteiger partial charge in [0, 0.05) is 42.8 Å². The van der Waals surface area contributed by atoms with Crippen molar-refractivity contribution in [3.05, 3.63) is 247 Å². The zero-order chi connectivity index (χ0) is 42.4. The lowest BCUT2D eigenvalue weighted by atomic mass is 9.42. The number of fused-ring (bicyclic) bond motifs is 17. The van der Waals surface area contributed by atoms with E-state index in [2.05, 4.69) is 234 Å². The van der Waals surface area contributed by atoms with Crippen molar-refractivity contribution in [2.45, 2.75) is 5.41 Å². The summed E-state index contributed by atoms with van der Waals surface area (Å²) in [5.74, 6) is 0. The van der Waals surface area contributed by atoms with Crippen LogP contribution in [-0.4, -0.2) is 6.85 Å². The molecule has 1 spiro atoms. The summed E-state index contributed by atoms with van der Waals surface area (Å²) in [6.07, 6.45) is 0. The lowest BCUT2D eigenvalue weighted by molar-refractivity contribution is 0.754. The van der Waals surface area contributed by atoms with Crippen molar-refractivity contribution < 1.29 is 0 Å². The van der Waals surface area contributed by atoms with E-state index in [0.717, 1.165) is 0 Å². The van der Waals surface area contributed by atoms with Crippen LogP contribution in [0.5, 0.6) is 0 Å². The molecule has 0 atom stereocenters. The van der Waals surface area contributed by atoms with Crippen LogP contribution >= 0.6 is 11.3 Å². The molecule has 300 valence electrons. The monoisotopic (exact) mass is 840 g/mol. The van der Waals surface area contributed by atoms with Gasteiger partial charge in [-0.15, -0.1) is 11.3 Å². The summed E-state index contributed by atoms with van der Waals surface area (Å²) in [7, 11) is 0. The second-order valence-corrected chi connectivity index (χ2v) is 19.0. The van der Waals surface area contributed by atoms with Gasteiger partial charge in [0.15, 0.2) is 0 Å². The number of hydrogen-bond acceptors (Lipinski definition) is 3. The van der Waals surface area contributed by atoms with E-state index in [4.69, 9.17) is 0 Å². The van der Waals surface area contributed by atoms with Gasteiger partial charge in [-0.3, -0.25) is 0 Å². The molecule has 4 aliphatic rings. The van der Waals surface area contributed by atoms with E-state index < -0.39 is 5.41 Å². The summed E-state index contributed by atoms with van der Waals surface area (Å²) in [6, 6.07) is 84.6. The molecule has 11 aromatic rings. The lowest BCUT2D eigenvalue weighted by Crippen LogP contribution is -2.62. The predicted octanol–water partition coefficient (Wildman–Crippen LogP) is 14.8. The van der Waals surface area contributed by atoms with Crippen LogP contribution in [0.15, 0.2) is 224 Å². The zero-order valence-electron chi connectivity index (χ0n) is 35.2. The molecule has 0 fully saturated rings. The second-order valence-electron chi connectivity index (χ2n) is 17.9. The maximum Gasteiger partial charge on any atom is 0.333 e. The normalized spacial score (nSPS) is 14.2. The Kier molecular flexibility index (Phi) is 7.15. The van der Waals surface area contributed by atoms with E-state index in [-0.39, 0.29) is 6.85 Å². The predicted molar refractivity (Wildman–Crippen MR) is 275 cm³/mol. The van der Waals surface area contributed by atoms with Crippen LogP contribution in [0.1, 0.15) is 22.3 Å². The van der Waals surface area contributed by atoms with Gasteiger partial charge in [-0.1, -0.05) is 182 Å². The van der Waals surface area contributed by atoms with Gasteiger partial charge in [-0.05, 0) is 115 Å². The summed E-state index contributed by atoms with van der Waals surface area (Å²) in [5.41, 5.74) is 23.7. The van der Waals surface area contributed by atoms with Crippen molar-refractivity contribution in [3.8, 4) is 44.5 Å². The summed E-state index contributed by atoms with van der Waals surface area (Å²) < 4.78 is 2.62. The molecule has 1 aromatic heterocycles. The van der Waals surface area contributed by atoms with Crippen molar-refractivity contribution in [1.82, 2.24) is 0 Å². The molecule has 0 amide bonds. The van der Waals surface area contributed by atoms with Crippen LogP contribution in [-0.2, 0) is 5.41 Å². The molecule has 4 heteroatoms. The molecule has 4 heterocycles. The van der Waals surface area contributed by atoms with Crippen molar-refractivity contribution >= 4 is 77.7 Å². The summed E-state index contributed by atoms with van der Waals surface area (Å²) in [4.78, 5) is 5.39. The molecule has 0 saturated heterocycles. The lowest BCUT2D eigenvalue weighted by Gasteiger charge is -2.51. The first-order valence-corrected chi connectivity index (χ1v) is 23.4. The van der Waals surface area contributed by atoms with Crippen LogP contribution < -0.4 is 20.6 Å². The van der Waals surface area contributed by atoms with Gasteiger partial charge in [0.25, 0.3) is 0 Å². The van der Waals surface area contributed by atoms with Gasteiger partial charge in [0.1, 0.15) is 0 Å². The standard InChI is InChI=1S/C61H37BN2S/c1-3-18-38(19-4-1)40-34-41(39-20-5-2-6-21-39)36-42(35-40)64-53-31-14-9-24-45(53)47-37-56-57(46-25-10-16-33-55(46)65-56)60-58(47)62(64)52-30-17-29-51-59(52)63(60)54-32-15-13-28-50(54)61(51)48-26-11-7-22-43(48)44-23-8-12-27-49(44)61/h1-37H. The second kappa shape index (κ2) is 13.1. The van der Waals surface area contributed by atoms with Crippen molar-refractivity contribution in [2.75, 3.05) is 9.71 Å². The quantitative estimate of drug-likeness (QED) is 0.164. The minimum atomic E-state index is -0.526. The molecule has 65 heavy (non-hydrogen) atoms. The number of rotatable bonds is 3. The Hall–Kier alpha value is -7.92. The highest BCUT2D eigenvalue weighted by Gasteiger charge is 2.56. The fourth-order valence-electron chi connectivity index (χ4n) is 12.4. The van der Waals surface area contributed by atoms with E-state index in [1.54, 1.807) is 0 Å². The molecule has 0 unspecified atom stereocenters. The highest BCUT2D eigenvalue weighted by molar-refractivity contribution is 7.26. The highest BCUT2D eigenvalue weighted by atomic mass is 32.1. The number of thiophene rings is 1. The molecular formula is C61H37BN2S. The third-order valence-corrected chi connectivity index (χ3v) is 15.9. The number of hydrogen-bond donors (Lipinski definition) is 0. The molecule has 3 aliphatic heterocycles. The molecule has 2 nitrogen and oxygen atoms in total. The fourth-order valence-corrected chi connectivity index (χ4v) is 13.5. The van der Waals surface area contributed by atoms with Gasteiger partial charge in [0.2, 0.25) is 0 Å². The molecule has 1 aliphatic carbocycles. The summed E-state index contributed by atoms with van der Waals surface area (Å²) in [5, 5.41) is 2.64. The zero-order valence-corrected chi connectivity index (χ0v) is 36.1. The first-order valence-electron chi connectivity index (χ1n) is 22.6. The van der Waals surface area contributed by atoms with Crippen LogP contribution in [0.2, 0.25) is 0 Å². The molecule has 0 bridgehead atoms. The molecule has 0 saturated carbocycles. The smallest absolute Gasteiger partial charge is 0.333 e. The Morgan fingerprint density at radius 1 is 0.385 bits per heavy atom. The molecular weight excluding hydrogens is 804 g/mol. The third kappa shape index (κ3) is 4.59. The first-order chi connectivity index (χ1) is 32.3. The fraction of sp³-hybridized carbons (Fsp3) is 0.0164. The summed E-state index contributed by atoms with van der Waals surface area (Å²) in [6.45, 7) is -0.145. The topological polar surface area (TPSA) is 6.48 Å². The van der Waals surface area contributed by atoms with Crippen LogP contribution in [0.4, 0.5) is 28.4 Å². The maximum atomic E-state index is 2.70. The molecule has 15 rings (SSSR count). The largest absolute Gasteiger partial charge is 0.376 e. The molecule has 0 radical (unpaired) electrons. The van der Waals surface area contributed by atoms with Gasteiger partial charge in [-0.25, -0.2) is 0 Å². The Bertz CT molecular complexity index is 3710. The molecule has 0 N–H and O–H groups in total. The third-order valence-electron chi connectivity index (χ3n) is 14.8. The van der Waals surface area contributed by atoms with Crippen molar-refractivity contribution in [1.29, 1.82) is 0 Å². The van der Waals surface area contributed by atoms with Crippen LogP contribution in [0.3, 0.4) is 0 Å². The van der Waals surface area contributed by atoms with E-state index in [0.29, 0.717) is 0 Å². The summed E-state index contributed by atoms with van der Waals surface area (Å²) >= 11 is 1.92. The Balaban J connectivity index is 1.12. The van der Waals surface area contributed by atoms with E-state index >= 15 is 0 Å². The van der Waals surface area contributed by atoms with E-state index in [1.165, 1.54) is 126 Å². The molecule has 10 aromatic carbocycles. The number of para-hydroxylation sites is 3. The van der Waals surface area contributed by atoms with Crippen LogP contribution in [0.25, 0.3) is 64.7 Å². The van der Waals surface area contributed by atoms with E-state index in [1.807, 2.05) is 11.3 Å². The van der Waals surface area contributed by atoms with Gasteiger partial charge in [0.05, 0.1) is 16.8 Å². The Labute approximate surface area is 382 Å². The van der Waals surface area contributed by atoms with Crippen molar-refractivity contribution in [2.24, 2.45) is 0 Å². The van der Waals surface area contributed by atoms with Crippen LogP contribution in [0, 0.1) is 0 Å². The first kappa shape index (κ1) is 35.5. The maximum absolute atomic E-state index is 2.70. The minimum Gasteiger partial charge on any atom is -0.376 e. The minimum absolute atomic E-state index is 0.145. The average molecular weight is 841 g/mol. The van der Waals surface area contributed by atoms with Gasteiger partial charge >= 0.3 is 6.85 Å². The van der Waals surface area contributed by atoms with Crippen molar-refractivity contribution in [3.63, 3.8) is 0 Å². The Morgan fingerprint density at radius 2 is 0.954 bits per heavy atom. The number of anilines is 5. The Morgan fingerprint density at radius 3 is 1.66 bits per heavy atom. The number of benzene rings is 10. The number of nitrogens with zero attached hydrogens (tertiary/aromatic N) is 2. The average Bonchev–Trinajstić information content (AvgIpc) is 3.90. The van der Waals surface area contributed by atoms with Gasteiger partial charge < -0.3 is 9.71 Å². The van der Waals surface area contributed by atoms with Gasteiger partial charge in [-0.2, -0.15) is 0 Å². The SMILES string of the molecule is c1ccc(-c2cc(-c3ccccc3)cc(N3B4c5cccc6c5N(c5ccccc5C65c6ccccc6-c6ccccc65)c5c4c(cc4sc6ccccc6c54)-c4ccccc43)c2)cc1. The van der Waals surface area contributed by atoms with E-state index in [9.17, 15) is 0 Å².